The van der Waals surface area contributed by atoms with Crippen molar-refractivity contribution in [2.45, 2.75) is 52.1 Å². The molecule has 27 heavy (non-hydrogen) atoms. The van der Waals surface area contributed by atoms with Crippen LogP contribution in [0.4, 0.5) is 10.6 Å². The van der Waals surface area contributed by atoms with Crippen LogP contribution < -0.4 is 10.2 Å². The van der Waals surface area contributed by atoms with Crippen LogP contribution in [0.25, 0.3) is 0 Å². The minimum absolute atomic E-state index is 0.0225. The topological polar surface area (TPSA) is 51.7 Å². The van der Waals surface area contributed by atoms with Crippen LogP contribution >= 0.6 is 0 Å². The van der Waals surface area contributed by atoms with Crippen molar-refractivity contribution in [2.24, 2.45) is 5.92 Å². The molecule has 1 saturated carbocycles. The lowest BCUT2D eigenvalue weighted by Gasteiger charge is -2.34. The van der Waals surface area contributed by atoms with Gasteiger partial charge in [-0.1, -0.05) is 19.9 Å². The maximum Gasteiger partial charge on any atom is 0.317 e. The maximum absolute atomic E-state index is 12.5. The Kier molecular flexibility index (Phi) is 6.94. The average Bonchev–Trinajstić information content (AvgIpc) is 2.72. The fourth-order valence-corrected chi connectivity index (χ4v) is 4.10. The van der Waals surface area contributed by atoms with Gasteiger partial charge in [0.05, 0.1) is 0 Å². The fourth-order valence-electron chi connectivity index (χ4n) is 4.10. The zero-order valence-electron chi connectivity index (χ0n) is 17.2. The second kappa shape index (κ2) is 9.40. The monoisotopic (exact) mass is 373 g/mol. The number of nitrogens with zero attached hydrogens (tertiary/aromatic N) is 4. The molecule has 1 N–H and O–H groups in total. The van der Waals surface area contributed by atoms with E-state index in [4.69, 9.17) is 0 Å². The third-order valence-corrected chi connectivity index (χ3v) is 6.25. The Morgan fingerprint density at radius 3 is 2.48 bits per heavy atom. The molecule has 1 aromatic heterocycles. The number of carbonyl (C=O) groups is 1. The molecule has 2 amide bonds. The van der Waals surface area contributed by atoms with Crippen LogP contribution in [0, 0.1) is 5.92 Å². The van der Waals surface area contributed by atoms with E-state index < -0.39 is 0 Å². The lowest BCUT2D eigenvalue weighted by molar-refractivity contribution is 0.163. The molecular formula is C21H35N5O. The minimum atomic E-state index is 0.0225. The number of pyridine rings is 1. The summed E-state index contributed by atoms with van der Waals surface area (Å²) in [5.41, 5.74) is 1.05. The van der Waals surface area contributed by atoms with E-state index in [0.717, 1.165) is 62.9 Å². The first-order valence-electron chi connectivity index (χ1n) is 10.5. The van der Waals surface area contributed by atoms with E-state index in [0.29, 0.717) is 12.6 Å². The Morgan fingerprint density at radius 1 is 1.19 bits per heavy atom. The van der Waals surface area contributed by atoms with Gasteiger partial charge in [0.1, 0.15) is 5.82 Å². The molecule has 6 heteroatoms. The molecule has 6 nitrogen and oxygen atoms in total. The Labute approximate surface area is 163 Å². The molecule has 1 aromatic rings. The number of anilines is 1. The highest BCUT2D eigenvalue weighted by atomic mass is 16.2. The van der Waals surface area contributed by atoms with Gasteiger partial charge < -0.3 is 20.0 Å². The summed E-state index contributed by atoms with van der Waals surface area (Å²) in [5, 5.41) is 3.05. The largest absolute Gasteiger partial charge is 0.354 e. The Hall–Kier alpha value is -1.82. The van der Waals surface area contributed by atoms with Gasteiger partial charge in [-0.15, -0.1) is 0 Å². The van der Waals surface area contributed by atoms with Crippen LogP contribution in [-0.4, -0.2) is 66.6 Å². The standard InChI is InChI=1S/C21H35N5O/c1-4-25-11-13-26(14-12-25)20-10-7-18(15-22-20)16-23-21(27)24(3)19-8-5-17(2)6-9-19/h7,10,15,17,19H,4-6,8-9,11-14,16H2,1-3H3,(H,23,27). The molecular weight excluding hydrogens is 338 g/mol. The van der Waals surface area contributed by atoms with Crippen molar-refractivity contribution in [3.05, 3.63) is 23.9 Å². The number of urea groups is 1. The first-order valence-corrected chi connectivity index (χ1v) is 10.5. The molecule has 0 unspecified atom stereocenters. The lowest BCUT2D eigenvalue weighted by atomic mass is 9.87. The van der Waals surface area contributed by atoms with Gasteiger partial charge in [-0.3, -0.25) is 0 Å². The molecule has 0 spiro atoms. The highest BCUT2D eigenvalue weighted by Gasteiger charge is 2.24. The molecule has 3 rings (SSSR count). The minimum Gasteiger partial charge on any atom is -0.354 e. The van der Waals surface area contributed by atoms with E-state index in [-0.39, 0.29) is 6.03 Å². The number of piperazine rings is 1. The normalized spacial score (nSPS) is 23.9. The molecule has 2 heterocycles. The van der Waals surface area contributed by atoms with E-state index in [1.165, 1.54) is 12.8 Å². The number of rotatable bonds is 5. The molecule has 1 aliphatic heterocycles. The van der Waals surface area contributed by atoms with Crippen LogP contribution in [0.5, 0.6) is 0 Å². The van der Waals surface area contributed by atoms with Gasteiger partial charge >= 0.3 is 6.03 Å². The number of aromatic nitrogens is 1. The SMILES string of the molecule is CCN1CCN(c2ccc(CNC(=O)N(C)C3CCC(C)CC3)cn2)CC1. The maximum atomic E-state index is 12.5. The molecule has 150 valence electrons. The molecule has 0 aromatic carbocycles. The summed E-state index contributed by atoms with van der Waals surface area (Å²) >= 11 is 0. The summed E-state index contributed by atoms with van der Waals surface area (Å²) in [5.74, 6) is 1.83. The van der Waals surface area contributed by atoms with Gasteiger partial charge in [-0.2, -0.15) is 0 Å². The second-order valence-electron chi connectivity index (χ2n) is 8.13. The van der Waals surface area contributed by atoms with E-state index in [1.54, 1.807) is 0 Å². The fraction of sp³-hybridized carbons (Fsp3) is 0.714. The summed E-state index contributed by atoms with van der Waals surface area (Å²) in [6.07, 6.45) is 6.57. The average molecular weight is 374 g/mol. The van der Waals surface area contributed by atoms with Gasteiger partial charge in [0.25, 0.3) is 0 Å². The third-order valence-electron chi connectivity index (χ3n) is 6.25. The summed E-state index contributed by atoms with van der Waals surface area (Å²) < 4.78 is 0. The highest BCUT2D eigenvalue weighted by Crippen LogP contribution is 2.26. The van der Waals surface area contributed by atoms with Crippen molar-refractivity contribution < 1.29 is 4.79 Å². The smallest absolute Gasteiger partial charge is 0.317 e. The van der Waals surface area contributed by atoms with Crippen molar-refractivity contribution >= 4 is 11.8 Å². The Morgan fingerprint density at radius 2 is 1.89 bits per heavy atom. The van der Waals surface area contributed by atoms with Crippen LogP contribution in [0.1, 0.15) is 45.1 Å². The zero-order chi connectivity index (χ0) is 19.2. The third kappa shape index (κ3) is 5.34. The van der Waals surface area contributed by atoms with Crippen molar-refractivity contribution in [1.29, 1.82) is 0 Å². The van der Waals surface area contributed by atoms with E-state index in [9.17, 15) is 4.79 Å². The van der Waals surface area contributed by atoms with Crippen molar-refractivity contribution in [3.63, 3.8) is 0 Å². The first-order chi connectivity index (χ1) is 13.1. The Bertz CT molecular complexity index is 589. The first kappa shape index (κ1) is 19.9. The molecule has 1 aliphatic carbocycles. The van der Waals surface area contributed by atoms with E-state index in [1.807, 2.05) is 18.1 Å². The number of hydrogen-bond donors (Lipinski definition) is 1. The van der Waals surface area contributed by atoms with Crippen molar-refractivity contribution in [3.8, 4) is 0 Å². The van der Waals surface area contributed by atoms with Crippen LogP contribution in [-0.2, 0) is 6.54 Å². The van der Waals surface area contributed by atoms with Crippen LogP contribution in [0.3, 0.4) is 0 Å². The van der Waals surface area contributed by atoms with Crippen LogP contribution in [0.15, 0.2) is 18.3 Å². The molecule has 1 saturated heterocycles. The van der Waals surface area contributed by atoms with Crippen molar-refractivity contribution in [1.82, 2.24) is 20.1 Å². The lowest BCUT2D eigenvalue weighted by Crippen LogP contribution is -2.46. The number of nitrogens with one attached hydrogen (secondary N) is 1. The van der Waals surface area contributed by atoms with Gasteiger partial charge in [0.2, 0.25) is 0 Å². The van der Waals surface area contributed by atoms with Gasteiger partial charge in [0.15, 0.2) is 0 Å². The number of likely N-dealkylation sites (N-methyl/N-ethyl adjacent to an activating group) is 1. The van der Waals surface area contributed by atoms with E-state index in [2.05, 4.69) is 46.1 Å². The van der Waals surface area contributed by atoms with Gasteiger partial charge in [-0.25, -0.2) is 9.78 Å². The number of hydrogen-bond acceptors (Lipinski definition) is 4. The predicted molar refractivity (Wildman–Crippen MR) is 110 cm³/mol. The number of carbonyl (C=O) groups excluding carboxylic acids is 1. The summed E-state index contributed by atoms with van der Waals surface area (Å²) in [6, 6.07) is 4.56. The summed E-state index contributed by atoms with van der Waals surface area (Å²) in [6.45, 7) is 10.4. The van der Waals surface area contributed by atoms with Crippen molar-refractivity contribution in [2.75, 3.05) is 44.7 Å². The Balaban J connectivity index is 1.45. The number of amides is 2. The quantitative estimate of drug-likeness (QED) is 0.862. The van der Waals surface area contributed by atoms with Gasteiger partial charge in [-0.05, 0) is 49.8 Å². The molecule has 2 fully saturated rings. The molecule has 2 aliphatic rings. The van der Waals surface area contributed by atoms with Gasteiger partial charge in [0, 0.05) is 52.0 Å². The molecule has 0 radical (unpaired) electrons. The predicted octanol–water partition coefficient (Wildman–Crippen LogP) is 2.94. The second-order valence-corrected chi connectivity index (χ2v) is 8.13. The zero-order valence-corrected chi connectivity index (χ0v) is 17.2. The molecule has 0 bridgehead atoms. The van der Waals surface area contributed by atoms with E-state index >= 15 is 0 Å². The van der Waals surface area contributed by atoms with Crippen LogP contribution in [0.2, 0.25) is 0 Å². The molecule has 0 atom stereocenters. The highest BCUT2D eigenvalue weighted by molar-refractivity contribution is 5.74. The summed E-state index contributed by atoms with van der Waals surface area (Å²) in [7, 11) is 1.92. The summed E-state index contributed by atoms with van der Waals surface area (Å²) in [4.78, 5) is 23.8.